The maximum Gasteiger partial charge on any atom is 0.490 e. The highest BCUT2D eigenvalue weighted by Crippen LogP contribution is 2.15. The summed E-state index contributed by atoms with van der Waals surface area (Å²) in [5, 5.41) is 14.2. The Labute approximate surface area is 131 Å². The molecule has 0 aromatic carbocycles. The van der Waals surface area contributed by atoms with Crippen molar-refractivity contribution in [2.24, 2.45) is 4.99 Å². The van der Waals surface area contributed by atoms with Crippen LogP contribution in [0.25, 0.3) is 0 Å². The van der Waals surface area contributed by atoms with Crippen LogP contribution < -0.4 is 5.32 Å². The van der Waals surface area contributed by atoms with E-state index in [1.165, 1.54) is 12.8 Å². The van der Waals surface area contributed by atoms with Gasteiger partial charge in [-0.05, 0) is 6.42 Å². The molecule has 7 nitrogen and oxygen atoms in total. The monoisotopic (exact) mass is 336 g/mol. The van der Waals surface area contributed by atoms with Gasteiger partial charge in [-0.1, -0.05) is 24.9 Å². The number of halogens is 3. The van der Waals surface area contributed by atoms with E-state index in [2.05, 4.69) is 27.4 Å². The molecule has 0 saturated heterocycles. The van der Waals surface area contributed by atoms with Gasteiger partial charge in [-0.2, -0.15) is 18.2 Å². The van der Waals surface area contributed by atoms with Gasteiger partial charge in [0.2, 0.25) is 5.89 Å². The molecule has 0 amide bonds. The number of aliphatic carboxylic acids is 1. The Hall–Kier alpha value is -2.13. The number of carbonyl (C=O) groups is 1. The minimum absolute atomic E-state index is 0.234. The molecule has 1 aromatic rings. The Bertz CT molecular complexity index is 517. The maximum atomic E-state index is 10.6. The van der Waals surface area contributed by atoms with Gasteiger partial charge in [0, 0.05) is 13.0 Å². The molecule has 1 aliphatic rings. The first-order chi connectivity index (χ1) is 10.8. The van der Waals surface area contributed by atoms with Crippen LogP contribution in [-0.2, 0) is 11.2 Å². The lowest BCUT2D eigenvalue weighted by molar-refractivity contribution is -0.192. The summed E-state index contributed by atoms with van der Waals surface area (Å²) in [6.45, 7) is 3.76. The molecule has 0 radical (unpaired) electrons. The summed E-state index contributed by atoms with van der Waals surface area (Å²) in [4.78, 5) is 17.5. The molecule has 1 unspecified atom stereocenters. The number of aryl methyl sites for hydroxylation is 1. The van der Waals surface area contributed by atoms with Gasteiger partial charge in [0.15, 0.2) is 5.82 Å². The first-order valence-electron chi connectivity index (χ1n) is 7.18. The Kier molecular flexibility index (Phi) is 7.49. The van der Waals surface area contributed by atoms with Gasteiger partial charge in [-0.3, -0.25) is 4.99 Å². The number of carboxylic acids is 1. The fourth-order valence-electron chi connectivity index (χ4n) is 1.74. The van der Waals surface area contributed by atoms with Gasteiger partial charge in [0.1, 0.15) is 0 Å². The summed E-state index contributed by atoms with van der Waals surface area (Å²) < 4.78 is 37.0. The van der Waals surface area contributed by atoms with Gasteiger partial charge in [-0.25, -0.2) is 4.79 Å². The van der Waals surface area contributed by atoms with Crippen LogP contribution in [0, 0.1) is 0 Å². The normalized spacial score (nSPS) is 17.1. The fraction of sp³-hybridized carbons (Fsp3) is 0.692. The smallest absolute Gasteiger partial charge is 0.475 e. The zero-order valence-electron chi connectivity index (χ0n) is 12.6. The molecule has 1 aromatic heterocycles. The van der Waals surface area contributed by atoms with E-state index in [4.69, 9.17) is 14.4 Å². The Balaban J connectivity index is 0.000000322. The van der Waals surface area contributed by atoms with E-state index in [9.17, 15) is 13.2 Å². The number of aromatic nitrogens is 2. The molecule has 130 valence electrons. The second-order valence-corrected chi connectivity index (χ2v) is 4.91. The van der Waals surface area contributed by atoms with Crippen molar-refractivity contribution >= 4 is 12.3 Å². The molecule has 2 rings (SSSR count). The van der Waals surface area contributed by atoms with Gasteiger partial charge in [0.05, 0.1) is 18.8 Å². The lowest BCUT2D eigenvalue weighted by Gasteiger charge is -2.13. The molecule has 0 aliphatic carbocycles. The van der Waals surface area contributed by atoms with E-state index in [0.717, 1.165) is 37.6 Å². The van der Waals surface area contributed by atoms with Crippen LogP contribution in [0.3, 0.4) is 0 Å². The third-order valence-electron chi connectivity index (χ3n) is 2.95. The Morgan fingerprint density at radius 3 is 2.70 bits per heavy atom. The highest BCUT2D eigenvalue weighted by molar-refractivity contribution is 5.73. The lowest BCUT2D eigenvalue weighted by atomic mass is 10.1. The lowest BCUT2D eigenvalue weighted by Crippen LogP contribution is -2.27. The Morgan fingerprint density at radius 1 is 1.48 bits per heavy atom. The van der Waals surface area contributed by atoms with Crippen LogP contribution in [0.4, 0.5) is 13.2 Å². The van der Waals surface area contributed by atoms with Crippen molar-refractivity contribution in [1.82, 2.24) is 15.5 Å². The summed E-state index contributed by atoms with van der Waals surface area (Å²) >= 11 is 0. The molecule has 2 heterocycles. The Morgan fingerprint density at radius 2 is 2.17 bits per heavy atom. The summed E-state index contributed by atoms with van der Waals surface area (Å²) in [5.74, 6) is -0.973. The number of nitrogens with zero attached hydrogens (tertiary/aromatic N) is 3. The second kappa shape index (κ2) is 9.11. The average molecular weight is 336 g/mol. The van der Waals surface area contributed by atoms with Crippen LogP contribution in [-0.4, -0.2) is 46.8 Å². The van der Waals surface area contributed by atoms with E-state index in [0.29, 0.717) is 0 Å². The van der Waals surface area contributed by atoms with Crippen LogP contribution in [0.5, 0.6) is 0 Å². The molecule has 10 heteroatoms. The number of hydrogen-bond acceptors (Lipinski definition) is 6. The zero-order valence-corrected chi connectivity index (χ0v) is 12.6. The second-order valence-electron chi connectivity index (χ2n) is 4.91. The van der Waals surface area contributed by atoms with Crippen molar-refractivity contribution in [3.63, 3.8) is 0 Å². The van der Waals surface area contributed by atoms with Crippen LogP contribution in [0.2, 0.25) is 0 Å². The minimum atomic E-state index is -5.08. The van der Waals surface area contributed by atoms with E-state index >= 15 is 0 Å². The van der Waals surface area contributed by atoms with E-state index in [-0.39, 0.29) is 5.92 Å². The molecular weight excluding hydrogens is 317 g/mol. The molecule has 0 fully saturated rings. The first-order valence-corrected chi connectivity index (χ1v) is 7.18. The quantitative estimate of drug-likeness (QED) is 0.799. The van der Waals surface area contributed by atoms with E-state index in [1.807, 2.05) is 0 Å². The molecule has 0 spiro atoms. The van der Waals surface area contributed by atoms with E-state index < -0.39 is 12.1 Å². The summed E-state index contributed by atoms with van der Waals surface area (Å²) in [6, 6.07) is 0. The van der Waals surface area contributed by atoms with Gasteiger partial charge < -0.3 is 14.9 Å². The highest BCUT2D eigenvalue weighted by Gasteiger charge is 2.38. The van der Waals surface area contributed by atoms with Crippen LogP contribution in [0.1, 0.15) is 43.8 Å². The first kappa shape index (κ1) is 18.9. The predicted molar refractivity (Wildman–Crippen MR) is 75.3 cm³/mol. The highest BCUT2D eigenvalue weighted by atomic mass is 19.4. The topological polar surface area (TPSA) is 101 Å². The van der Waals surface area contributed by atoms with Crippen molar-refractivity contribution in [2.45, 2.75) is 44.7 Å². The van der Waals surface area contributed by atoms with Crippen molar-refractivity contribution in [3.05, 3.63) is 11.7 Å². The molecule has 1 aliphatic heterocycles. The third kappa shape index (κ3) is 7.11. The molecular formula is C13H19F3N4O3. The van der Waals surface area contributed by atoms with E-state index in [1.54, 1.807) is 6.34 Å². The number of carboxylic acid groups (broad SMARTS) is 1. The molecule has 23 heavy (non-hydrogen) atoms. The predicted octanol–water partition coefficient (Wildman–Crippen LogP) is 2.15. The van der Waals surface area contributed by atoms with Crippen molar-refractivity contribution < 1.29 is 27.6 Å². The van der Waals surface area contributed by atoms with Gasteiger partial charge >= 0.3 is 12.1 Å². The average Bonchev–Trinajstić information content (AvgIpc) is 2.97. The molecule has 1 atom stereocenters. The molecule has 0 bridgehead atoms. The van der Waals surface area contributed by atoms with Gasteiger partial charge in [-0.15, -0.1) is 0 Å². The number of nitrogens with one attached hydrogen (secondary N) is 1. The number of unbranched alkanes of at least 4 members (excludes halogenated alkanes) is 2. The number of rotatable bonds is 5. The fourth-order valence-corrected chi connectivity index (χ4v) is 1.74. The summed E-state index contributed by atoms with van der Waals surface area (Å²) in [5.41, 5.74) is 0. The maximum absolute atomic E-state index is 10.6. The van der Waals surface area contributed by atoms with Crippen LogP contribution in [0.15, 0.2) is 9.52 Å². The number of alkyl halides is 3. The molecule has 2 N–H and O–H groups in total. The van der Waals surface area contributed by atoms with Crippen LogP contribution >= 0.6 is 0 Å². The zero-order chi connectivity index (χ0) is 17.3. The third-order valence-corrected chi connectivity index (χ3v) is 2.95. The number of aliphatic imine (C=N–C) groups is 1. The van der Waals surface area contributed by atoms with Crippen molar-refractivity contribution in [3.8, 4) is 0 Å². The number of hydrogen-bond donors (Lipinski definition) is 2. The molecule has 0 saturated carbocycles. The van der Waals surface area contributed by atoms with Gasteiger partial charge in [0.25, 0.3) is 0 Å². The largest absolute Gasteiger partial charge is 0.490 e. The summed E-state index contributed by atoms with van der Waals surface area (Å²) in [6.07, 6.45) is 1.14. The minimum Gasteiger partial charge on any atom is -0.475 e. The summed E-state index contributed by atoms with van der Waals surface area (Å²) in [7, 11) is 0. The SMILES string of the molecule is CCCCCc1noc(C2CN=CNC2)n1.O=C(O)C(F)(F)F. The van der Waals surface area contributed by atoms with Crippen molar-refractivity contribution in [2.75, 3.05) is 13.1 Å². The van der Waals surface area contributed by atoms with Crippen molar-refractivity contribution in [1.29, 1.82) is 0 Å². The standard InChI is InChI=1S/C11H18N4O.C2HF3O2/c1-2-3-4-5-10-14-11(16-15-10)9-6-12-8-13-7-9;3-2(4,5)1(6)7/h8-9H,2-7H2,1H3,(H,12,13);(H,6,7).